The third-order valence-corrected chi connectivity index (χ3v) is 9.13. The molecule has 1 aliphatic rings. The fraction of sp³-hybridized carbons (Fsp3) is 0.357. The van der Waals surface area contributed by atoms with Gasteiger partial charge in [0.15, 0.2) is 5.75 Å². The van der Waals surface area contributed by atoms with Gasteiger partial charge in [-0.25, -0.2) is 18.1 Å². The molecule has 0 spiro atoms. The monoisotopic (exact) mass is 601 g/mol. The number of carboxylic acid groups (broad SMARTS) is 1. The summed E-state index contributed by atoms with van der Waals surface area (Å²) >= 11 is 0. The lowest BCUT2D eigenvalue weighted by Crippen LogP contribution is -2.36. The number of aromatic nitrogens is 4. The number of sulfonamides is 1. The number of ether oxygens (including phenoxy) is 2. The molecule has 42 heavy (non-hydrogen) atoms. The molecule has 222 valence electrons. The molecule has 1 unspecified atom stereocenters. The maximum atomic E-state index is 13.7. The molecule has 1 N–H and O–H groups in total. The van der Waals surface area contributed by atoms with E-state index in [1.807, 2.05) is 13.8 Å². The lowest BCUT2D eigenvalue weighted by atomic mass is 9.86. The van der Waals surface area contributed by atoms with Crippen molar-refractivity contribution in [1.82, 2.24) is 24.3 Å². The summed E-state index contributed by atoms with van der Waals surface area (Å²) in [7, 11) is -2.44. The summed E-state index contributed by atoms with van der Waals surface area (Å²) in [5.74, 6) is -2.02. The zero-order valence-electron chi connectivity index (χ0n) is 23.1. The molecule has 0 fully saturated rings. The number of rotatable bonds is 9. The van der Waals surface area contributed by atoms with Crippen LogP contribution in [0.15, 0.2) is 53.6 Å². The average Bonchev–Trinajstić information content (AvgIpc) is 3.27. The van der Waals surface area contributed by atoms with Crippen molar-refractivity contribution < 1.29 is 36.6 Å². The third kappa shape index (κ3) is 5.77. The van der Waals surface area contributed by atoms with Crippen molar-refractivity contribution in [3.8, 4) is 11.6 Å². The van der Waals surface area contributed by atoms with Gasteiger partial charge in [-0.1, -0.05) is 30.3 Å². The zero-order valence-corrected chi connectivity index (χ0v) is 23.9. The Morgan fingerprint density at radius 2 is 2.00 bits per heavy atom. The Morgan fingerprint density at radius 1 is 1.21 bits per heavy atom. The second kappa shape index (κ2) is 11.6. The van der Waals surface area contributed by atoms with E-state index in [2.05, 4.69) is 15.3 Å². The van der Waals surface area contributed by atoms with Crippen LogP contribution in [0, 0.1) is 6.92 Å². The Labute approximate surface area is 240 Å². The van der Waals surface area contributed by atoms with Gasteiger partial charge in [-0.3, -0.25) is 4.79 Å². The molecule has 1 aliphatic heterocycles. The Balaban J connectivity index is 1.57. The van der Waals surface area contributed by atoms with E-state index in [9.17, 15) is 27.1 Å². The second-order valence-electron chi connectivity index (χ2n) is 10.1. The molecule has 0 saturated heterocycles. The van der Waals surface area contributed by atoms with Crippen molar-refractivity contribution in [2.24, 2.45) is 7.05 Å². The highest BCUT2D eigenvalue weighted by Gasteiger charge is 2.35. The molecule has 0 aliphatic carbocycles. The van der Waals surface area contributed by atoms with Gasteiger partial charge in [0, 0.05) is 25.7 Å². The SMILES string of the molecule is CC[C@@H]1CN(Cc2cc(C(CC(=O)O)c3cc(OC(F)F)c4c(c3)nnn4C)ccc2C)S(=O)(=O)c2cccnc2O1. The standard InChI is InChI=1S/C28H29F2N5O6S/c1-4-20-15-35(42(38,39)24-6-5-9-31-27(24)40-20)14-19-10-17(8-7-16(19)2)21(13-25(36)37)18-11-22-26(34(3)33-32-22)23(12-18)41-28(29)30/h5-12,20-21,28H,4,13-15H2,1-3H3,(H,36,37)/t20-,21?/m1/s1. The van der Waals surface area contributed by atoms with Gasteiger partial charge in [0.2, 0.25) is 15.9 Å². The molecule has 0 saturated carbocycles. The van der Waals surface area contributed by atoms with Crippen LogP contribution in [0.4, 0.5) is 8.78 Å². The van der Waals surface area contributed by atoms with Crippen LogP contribution in [0.1, 0.15) is 47.9 Å². The van der Waals surface area contributed by atoms with Crippen LogP contribution in [0.2, 0.25) is 0 Å². The van der Waals surface area contributed by atoms with Gasteiger partial charge in [0.05, 0.1) is 13.0 Å². The number of alkyl halides is 2. The number of hydrogen-bond acceptors (Lipinski definition) is 8. The van der Waals surface area contributed by atoms with E-state index in [-0.39, 0.29) is 47.1 Å². The van der Waals surface area contributed by atoms with Crippen molar-refractivity contribution in [3.63, 3.8) is 0 Å². The van der Waals surface area contributed by atoms with Crippen molar-refractivity contribution in [3.05, 3.63) is 70.9 Å². The minimum absolute atomic E-state index is 0.00106. The summed E-state index contributed by atoms with van der Waals surface area (Å²) in [6.07, 6.45) is 1.24. The fourth-order valence-corrected chi connectivity index (χ4v) is 6.64. The van der Waals surface area contributed by atoms with Gasteiger partial charge in [-0.15, -0.1) is 5.10 Å². The number of halogens is 2. The summed E-state index contributed by atoms with van der Waals surface area (Å²) in [5, 5.41) is 17.7. The molecule has 0 bridgehead atoms. The quantitative estimate of drug-likeness (QED) is 0.299. The van der Waals surface area contributed by atoms with E-state index in [0.717, 1.165) is 5.56 Å². The molecule has 14 heteroatoms. The summed E-state index contributed by atoms with van der Waals surface area (Å²) in [4.78, 5) is 16.1. The number of carboxylic acids is 1. The predicted molar refractivity (Wildman–Crippen MR) is 147 cm³/mol. The molecule has 0 amide bonds. The number of fused-ring (bicyclic) bond motifs is 2. The zero-order chi connectivity index (χ0) is 30.2. The molecular formula is C28H29F2N5O6S. The van der Waals surface area contributed by atoms with Crippen LogP contribution in [0.5, 0.6) is 11.6 Å². The molecule has 5 rings (SSSR count). The fourth-order valence-electron chi connectivity index (χ4n) is 5.12. The molecule has 2 atom stereocenters. The van der Waals surface area contributed by atoms with Crippen LogP contribution in [-0.4, -0.2) is 63.0 Å². The first-order chi connectivity index (χ1) is 20.0. The number of hydrogen-bond donors (Lipinski definition) is 1. The molecule has 2 aromatic heterocycles. The van der Waals surface area contributed by atoms with Gasteiger partial charge in [0.1, 0.15) is 22.0 Å². The highest BCUT2D eigenvalue weighted by atomic mass is 32.2. The van der Waals surface area contributed by atoms with Gasteiger partial charge in [-0.2, -0.15) is 13.1 Å². The first kappa shape index (κ1) is 29.3. The minimum Gasteiger partial charge on any atom is -0.481 e. The number of carbonyl (C=O) groups is 1. The lowest BCUT2D eigenvalue weighted by molar-refractivity contribution is -0.137. The van der Waals surface area contributed by atoms with Crippen LogP contribution >= 0.6 is 0 Å². The Kier molecular flexibility index (Phi) is 8.10. The van der Waals surface area contributed by atoms with Crippen LogP contribution in [-0.2, 0) is 28.4 Å². The molecule has 0 radical (unpaired) electrons. The molecule has 11 nitrogen and oxygen atoms in total. The molecular weight excluding hydrogens is 572 g/mol. The lowest BCUT2D eigenvalue weighted by Gasteiger charge is -2.24. The van der Waals surface area contributed by atoms with Gasteiger partial charge >= 0.3 is 12.6 Å². The van der Waals surface area contributed by atoms with E-state index < -0.39 is 34.6 Å². The summed E-state index contributed by atoms with van der Waals surface area (Å²) in [6, 6.07) is 11.2. The topological polar surface area (TPSA) is 137 Å². The first-order valence-corrected chi connectivity index (χ1v) is 14.6. The second-order valence-corrected chi connectivity index (χ2v) is 12.0. The van der Waals surface area contributed by atoms with Crippen molar-refractivity contribution in [1.29, 1.82) is 0 Å². The van der Waals surface area contributed by atoms with E-state index in [4.69, 9.17) is 9.47 Å². The highest BCUT2D eigenvalue weighted by molar-refractivity contribution is 7.89. The average molecular weight is 602 g/mol. The number of benzene rings is 2. The maximum absolute atomic E-state index is 13.7. The highest BCUT2D eigenvalue weighted by Crippen LogP contribution is 2.37. The summed E-state index contributed by atoms with van der Waals surface area (Å²) in [6.45, 7) is 0.702. The Hall–Kier alpha value is -4.17. The Bertz CT molecular complexity index is 1750. The molecule has 3 heterocycles. The van der Waals surface area contributed by atoms with Gasteiger partial charge in [0.25, 0.3) is 0 Å². The number of pyridine rings is 1. The van der Waals surface area contributed by atoms with Crippen molar-refractivity contribution in [2.45, 2.75) is 56.8 Å². The predicted octanol–water partition coefficient (Wildman–Crippen LogP) is 4.24. The normalized spacial score (nSPS) is 17.4. The minimum atomic E-state index is -3.97. The van der Waals surface area contributed by atoms with Crippen LogP contribution in [0.25, 0.3) is 11.0 Å². The molecule has 4 aromatic rings. The van der Waals surface area contributed by atoms with Crippen LogP contribution < -0.4 is 9.47 Å². The summed E-state index contributed by atoms with van der Waals surface area (Å²) < 4.78 is 67.2. The molecule has 2 aromatic carbocycles. The number of aliphatic carboxylic acids is 1. The van der Waals surface area contributed by atoms with E-state index >= 15 is 0 Å². The van der Waals surface area contributed by atoms with Gasteiger partial charge in [-0.05, 0) is 59.9 Å². The van der Waals surface area contributed by atoms with E-state index in [1.54, 1.807) is 24.3 Å². The first-order valence-electron chi connectivity index (χ1n) is 13.2. The Morgan fingerprint density at radius 3 is 2.71 bits per heavy atom. The third-order valence-electron chi connectivity index (χ3n) is 7.30. The van der Waals surface area contributed by atoms with Gasteiger partial charge < -0.3 is 14.6 Å². The van der Waals surface area contributed by atoms with E-state index in [1.165, 1.54) is 40.4 Å². The van der Waals surface area contributed by atoms with Crippen molar-refractivity contribution in [2.75, 3.05) is 6.54 Å². The summed E-state index contributed by atoms with van der Waals surface area (Å²) in [5.41, 5.74) is 2.89. The number of nitrogens with zero attached hydrogens (tertiary/aromatic N) is 5. The van der Waals surface area contributed by atoms with E-state index in [0.29, 0.717) is 23.1 Å². The van der Waals surface area contributed by atoms with Crippen LogP contribution in [0.3, 0.4) is 0 Å². The largest absolute Gasteiger partial charge is 0.481 e. The smallest absolute Gasteiger partial charge is 0.387 e. The maximum Gasteiger partial charge on any atom is 0.387 e. The van der Waals surface area contributed by atoms with Crippen molar-refractivity contribution >= 4 is 27.0 Å². The number of aryl methyl sites for hydroxylation is 2.